The van der Waals surface area contributed by atoms with Crippen LogP contribution in [-0.4, -0.2) is 44.4 Å². The summed E-state index contributed by atoms with van der Waals surface area (Å²) < 4.78 is 21.8. The molecule has 1 aromatic heterocycles. The quantitative estimate of drug-likeness (QED) is 0.676. The van der Waals surface area contributed by atoms with Crippen molar-refractivity contribution < 1.29 is 13.2 Å². The molecule has 0 aliphatic heterocycles. The molecule has 0 spiro atoms. The van der Waals surface area contributed by atoms with Gasteiger partial charge in [-0.1, -0.05) is 11.3 Å². The molecule has 0 saturated carbocycles. The first-order chi connectivity index (χ1) is 8.33. The van der Waals surface area contributed by atoms with Crippen LogP contribution >= 0.6 is 11.3 Å². The molecule has 0 saturated heterocycles. The molecule has 0 radical (unpaired) electrons. The van der Waals surface area contributed by atoms with Crippen LogP contribution in [0.2, 0.25) is 0 Å². The molecule has 4 N–H and O–H groups in total. The molecule has 1 aromatic rings. The lowest BCUT2D eigenvalue weighted by molar-refractivity contribution is 0.0961. The Morgan fingerprint density at radius 2 is 2.17 bits per heavy atom. The highest BCUT2D eigenvalue weighted by Gasteiger charge is 2.16. The molecule has 0 bridgehead atoms. The van der Waals surface area contributed by atoms with Gasteiger partial charge in [-0.25, -0.2) is 13.4 Å². The largest absolute Gasteiger partial charge is 0.382 e. The van der Waals surface area contributed by atoms with Crippen molar-refractivity contribution in [2.75, 3.05) is 36.1 Å². The van der Waals surface area contributed by atoms with Crippen molar-refractivity contribution in [3.8, 4) is 0 Å². The molecular formula is C9H16N4O3S2. The number of aromatic nitrogens is 1. The first-order valence-electron chi connectivity index (χ1n) is 5.29. The summed E-state index contributed by atoms with van der Waals surface area (Å²) in [6.45, 7) is 2.65. The molecule has 0 fully saturated rings. The van der Waals surface area contributed by atoms with E-state index >= 15 is 0 Å². The molecule has 18 heavy (non-hydrogen) atoms. The highest BCUT2D eigenvalue weighted by molar-refractivity contribution is 7.90. The van der Waals surface area contributed by atoms with Gasteiger partial charge in [0.25, 0.3) is 5.91 Å². The zero-order chi connectivity index (χ0) is 13.8. The molecule has 7 nitrogen and oxygen atoms in total. The topological polar surface area (TPSA) is 114 Å². The number of anilines is 2. The fraction of sp³-hybridized carbons (Fsp3) is 0.556. The molecular weight excluding hydrogens is 276 g/mol. The van der Waals surface area contributed by atoms with Crippen LogP contribution in [0.3, 0.4) is 0 Å². The van der Waals surface area contributed by atoms with Crippen LogP contribution in [0.25, 0.3) is 0 Å². The second kappa shape index (κ2) is 6.01. The minimum absolute atomic E-state index is 0.0611. The third kappa shape index (κ3) is 4.49. The van der Waals surface area contributed by atoms with E-state index in [-0.39, 0.29) is 18.1 Å². The van der Waals surface area contributed by atoms with Crippen molar-refractivity contribution >= 4 is 38.0 Å². The Morgan fingerprint density at radius 1 is 1.50 bits per heavy atom. The van der Waals surface area contributed by atoms with Gasteiger partial charge >= 0.3 is 0 Å². The van der Waals surface area contributed by atoms with Gasteiger partial charge in [0.15, 0.2) is 5.13 Å². The van der Waals surface area contributed by atoms with Crippen molar-refractivity contribution in [1.82, 2.24) is 10.3 Å². The average molecular weight is 292 g/mol. The maximum Gasteiger partial charge on any atom is 0.265 e. The summed E-state index contributed by atoms with van der Waals surface area (Å²) >= 11 is 1.14. The molecule has 9 heteroatoms. The van der Waals surface area contributed by atoms with Crippen molar-refractivity contribution in [1.29, 1.82) is 0 Å². The molecule has 1 amide bonds. The monoisotopic (exact) mass is 292 g/mol. The normalized spacial score (nSPS) is 11.2. The highest BCUT2D eigenvalue weighted by atomic mass is 32.2. The average Bonchev–Trinajstić information content (AvgIpc) is 2.58. The number of nitrogen functional groups attached to an aromatic ring is 1. The summed E-state index contributed by atoms with van der Waals surface area (Å²) in [7, 11) is -3.09. The number of nitrogens with two attached hydrogens (primary N) is 1. The van der Waals surface area contributed by atoms with E-state index in [1.165, 1.54) is 0 Å². The number of nitrogens with zero attached hydrogens (tertiary/aromatic N) is 1. The van der Waals surface area contributed by atoms with Gasteiger partial charge < -0.3 is 16.4 Å². The minimum Gasteiger partial charge on any atom is -0.382 e. The van der Waals surface area contributed by atoms with Gasteiger partial charge in [-0.15, -0.1) is 0 Å². The summed E-state index contributed by atoms with van der Waals surface area (Å²) in [6.07, 6.45) is 1.11. The Kier molecular flexibility index (Phi) is 4.91. The van der Waals surface area contributed by atoms with E-state index in [1.54, 1.807) is 0 Å². The Morgan fingerprint density at radius 3 is 2.72 bits per heavy atom. The van der Waals surface area contributed by atoms with Gasteiger partial charge in [0.05, 0.1) is 5.75 Å². The Labute approximate surface area is 110 Å². The molecule has 0 aromatic carbocycles. The summed E-state index contributed by atoms with van der Waals surface area (Å²) in [6, 6.07) is 0. The fourth-order valence-corrected chi connectivity index (χ4v) is 2.49. The van der Waals surface area contributed by atoms with Gasteiger partial charge in [0, 0.05) is 19.3 Å². The smallest absolute Gasteiger partial charge is 0.265 e. The number of hydrogen-bond donors (Lipinski definition) is 3. The second-order valence-corrected chi connectivity index (χ2v) is 6.91. The molecule has 0 unspecified atom stereocenters. The number of hydrogen-bond acceptors (Lipinski definition) is 7. The Bertz CT molecular complexity index is 524. The summed E-state index contributed by atoms with van der Waals surface area (Å²) in [5, 5.41) is 6.02. The van der Waals surface area contributed by atoms with Crippen molar-refractivity contribution in [2.45, 2.75) is 6.92 Å². The predicted molar refractivity (Wildman–Crippen MR) is 72.7 cm³/mol. The number of nitrogens with one attached hydrogen (secondary N) is 2. The van der Waals surface area contributed by atoms with Crippen LogP contribution in [0.15, 0.2) is 0 Å². The van der Waals surface area contributed by atoms with Crippen molar-refractivity contribution in [2.24, 2.45) is 0 Å². The lowest BCUT2D eigenvalue weighted by Crippen LogP contribution is -2.28. The highest BCUT2D eigenvalue weighted by Crippen LogP contribution is 2.24. The Hall–Kier alpha value is -1.35. The summed E-state index contributed by atoms with van der Waals surface area (Å²) in [5.74, 6) is -0.358. The van der Waals surface area contributed by atoms with E-state index in [0.29, 0.717) is 16.6 Å². The van der Waals surface area contributed by atoms with Crippen LogP contribution in [0.1, 0.15) is 16.6 Å². The first-order valence-corrected chi connectivity index (χ1v) is 8.17. The van der Waals surface area contributed by atoms with E-state index in [2.05, 4.69) is 15.6 Å². The zero-order valence-electron chi connectivity index (χ0n) is 10.2. The number of sulfone groups is 1. The molecule has 102 valence electrons. The number of carbonyl (C=O) groups is 1. The third-order valence-electron chi connectivity index (χ3n) is 1.95. The SMILES string of the molecule is CCNc1nc(N)c(C(=O)NCCS(C)(=O)=O)s1. The summed E-state index contributed by atoms with van der Waals surface area (Å²) in [5.41, 5.74) is 5.61. The van der Waals surface area contributed by atoms with Gasteiger partial charge in [-0.3, -0.25) is 4.79 Å². The van der Waals surface area contributed by atoms with Gasteiger partial charge in [-0.05, 0) is 6.92 Å². The lowest BCUT2D eigenvalue weighted by atomic mass is 10.4. The second-order valence-electron chi connectivity index (χ2n) is 3.65. The lowest BCUT2D eigenvalue weighted by Gasteiger charge is -2.02. The molecule has 0 atom stereocenters. The maximum absolute atomic E-state index is 11.7. The number of rotatable bonds is 6. The molecule has 0 aliphatic rings. The van der Waals surface area contributed by atoms with Crippen LogP contribution in [-0.2, 0) is 9.84 Å². The standard InChI is InChI=1S/C9H16N4O3S2/c1-3-11-9-13-7(10)6(17-9)8(14)12-4-5-18(2,15)16/h3-5,10H2,1-2H3,(H,11,13)(H,12,14). The predicted octanol–water partition coefficient (Wildman–Crippen LogP) is -0.0685. The zero-order valence-corrected chi connectivity index (χ0v) is 11.8. The third-order valence-corrected chi connectivity index (χ3v) is 3.92. The van der Waals surface area contributed by atoms with Gasteiger partial charge in [0.1, 0.15) is 20.5 Å². The van der Waals surface area contributed by atoms with Crippen molar-refractivity contribution in [3.63, 3.8) is 0 Å². The first kappa shape index (κ1) is 14.7. The van der Waals surface area contributed by atoms with Crippen LogP contribution < -0.4 is 16.4 Å². The Balaban J connectivity index is 2.61. The van der Waals surface area contributed by atoms with E-state index in [0.717, 1.165) is 17.6 Å². The van der Waals surface area contributed by atoms with E-state index in [9.17, 15) is 13.2 Å². The molecule has 1 rings (SSSR count). The van der Waals surface area contributed by atoms with Crippen LogP contribution in [0.5, 0.6) is 0 Å². The maximum atomic E-state index is 11.7. The fourth-order valence-electron chi connectivity index (χ4n) is 1.15. The van der Waals surface area contributed by atoms with E-state index in [4.69, 9.17) is 5.73 Å². The number of amides is 1. The number of carbonyl (C=O) groups excluding carboxylic acids is 1. The minimum atomic E-state index is -3.09. The van der Waals surface area contributed by atoms with Crippen LogP contribution in [0, 0.1) is 0 Å². The molecule has 0 aliphatic carbocycles. The number of thiazole rings is 1. The molecule has 1 heterocycles. The van der Waals surface area contributed by atoms with Crippen LogP contribution in [0.4, 0.5) is 10.9 Å². The van der Waals surface area contributed by atoms with E-state index < -0.39 is 15.7 Å². The van der Waals surface area contributed by atoms with Gasteiger partial charge in [0.2, 0.25) is 0 Å². The van der Waals surface area contributed by atoms with Crippen molar-refractivity contribution in [3.05, 3.63) is 4.88 Å². The van der Waals surface area contributed by atoms with Gasteiger partial charge in [-0.2, -0.15) is 0 Å². The summed E-state index contributed by atoms with van der Waals surface area (Å²) in [4.78, 5) is 16.0. The van der Waals surface area contributed by atoms with E-state index in [1.807, 2.05) is 6.92 Å².